The quantitative estimate of drug-likeness (QED) is 0.790. The van der Waals surface area contributed by atoms with Crippen LogP contribution in [0, 0.1) is 0 Å². The Bertz CT molecular complexity index is 332. The van der Waals surface area contributed by atoms with Gasteiger partial charge in [-0.1, -0.05) is 19.3 Å². The summed E-state index contributed by atoms with van der Waals surface area (Å²) < 4.78 is 5.30. The van der Waals surface area contributed by atoms with Gasteiger partial charge >= 0.3 is 12.0 Å². The first-order valence-corrected chi connectivity index (χ1v) is 7.02. The molecule has 2 aliphatic rings. The summed E-state index contributed by atoms with van der Waals surface area (Å²) in [6, 6.07) is -0.269. The maximum Gasteiger partial charge on any atom is 0.329 e. The molecular formula is C13H22N2O4. The van der Waals surface area contributed by atoms with E-state index in [1.807, 2.05) is 0 Å². The van der Waals surface area contributed by atoms with Crippen LogP contribution in [0.1, 0.15) is 38.5 Å². The van der Waals surface area contributed by atoms with E-state index in [9.17, 15) is 14.7 Å². The Balaban J connectivity index is 1.99. The van der Waals surface area contributed by atoms with E-state index < -0.39 is 11.5 Å². The Labute approximate surface area is 113 Å². The van der Waals surface area contributed by atoms with Gasteiger partial charge in [0.05, 0.1) is 6.61 Å². The highest BCUT2D eigenvalue weighted by molar-refractivity contribution is 5.86. The second-order valence-electron chi connectivity index (χ2n) is 5.33. The molecule has 1 saturated heterocycles. The Hall–Kier alpha value is -1.30. The molecule has 6 heteroatoms. The van der Waals surface area contributed by atoms with Crippen molar-refractivity contribution in [1.82, 2.24) is 10.2 Å². The van der Waals surface area contributed by atoms with Crippen molar-refractivity contribution in [3.63, 3.8) is 0 Å². The Morgan fingerprint density at radius 2 is 1.79 bits per heavy atom. The van der Waals surface area contributed by atoms with Crippen LogP contribution in [-0.4, -0.2) is 53.8 Å². The van der Waals surface area contributed by atoms with Crippen LogP contribution < -0.4 is 5.32 Å². The molecule has 2 fully saturated rings. The van der Waals surface area contributed by atoms with Crippen LogP contribution in [-0.2, 0) is 9.53 Å². The first kappa shape index (κ1) is 14.1. The summed E-state index contributed by atoms with van der Waals surface area (Å²) >= 11 is 0. The second kappa shape index (κ2) is 6.23. The molecule has 0 aromatic heterocycles. The Morgan fingerprint density at radius 1 is 1.05 bits per heavy atom. The van der Waals surface area contributed by atoms with Gasteiger partial charge in [0.25, 0.3) is 0 Å². The maximum atomic E-state index is 12.2. The minimum Gasteiger partial charge on any atom is -0.480 e. The molecule has 1 aliphatic carbocycles. The fourth-order valence-corrected chi connectivity index (χ4v) is 2.78. The van der Waals surface area contributed by atoms with Crippen LogP contribution >= 0.6 is 0 Å². The summed E-state index contributed by atoms with van der Waals surface area (Å²) in [4.78, 5) is 25.4. The highest BCUT2D eigenvalue weighted by Gasteiger charge is 2.41. The summed E-state index contributed by atoms with van der Waals surface area (Å²) in [6.07, 6.45) is 4.61. The summed E-state index contributed by atoms with van der Waals surface area (Å²) in [5.74, 6) is -0.911. The van der Waals surface area contributed by atoms with E-state index in [0.29, 0.717) is 39.1 Å². The van der Waals surface area contributed by atoms with Gasteiger partial charge in [0, 0.05) is 19.7 Å². The van der Waals surface area contributed by atoms with E-state index >= 15 is 0 Å². The lowest BCUT2D eigenvalue weighted by Gasteiger charge is -2.35. The molecule has 1 saturated carbocycles. The summed E-state index contributed by atoms with van der Waals surface area (Å²) in [6.45, 7) is 2.34. The fourth-order valence-electron chi connectivity index (χ4n) is 2.78. The molecule has 0 aromatic rings. The van der Waals surface area contributed by atoms with Crippen molar-refractivity contribution in [2.24, 2.45) is 0 Å². The van der Waals surface area contributed by atoms with Crippen LogP contribution in [0.25, 0.3) is 0 Å². The number of hydrogen-bond donors (Lipinski definition) is 2. The van der Waals surface area contributed by atoms with Gasteiger partial charge in [-0.05, 0) is 19.3 Å². The molecule has 108 valence electrons. The van der Waals surface area contributed by atoms with E-state index in [2.05, 4.69) is 5.32 Å². The molecule has 2 amide bonds. The number of carboxylic acid groups (broad SMARTS) is 1. The largest absolute Gasteiger partial charge is 0.480 e. The third-order valence-electron chi connectivity index (χ3n) is 3.97. The number of urea groups is 1. The van der Waals surface area contributed by atoms with E-state index in [1.165, 1.54) is 0 Å². The molecule has 0 aromatic carbocycles. The molecule has 2 N–H and O–H groups in total. The van der Waals surface area contributed by atoms with Gasteiger partial charge in [-0.2, -0.15) is 0 Å². The lowest BCUT2D eigenvalue weighted by molar-refractivity contribution is -0.146. The molecule has 0 atom stereocenters. The number of nitrogens with zero attached hydrogens (tertiary/aromatic N) is 1. The predicted molar refractivity (Wildman–Crippen MR) is 69.0 cm³/mol. The van der Waals surface area contributed by atoms with Gasteiger partial charge in [0.2, 0.25) is 0 Å². The number of aliphatic carboxylic acids is 1. The van der Waals surface area contributed by atoms with Crippen molar-refractivity contribution in [3.05, 3.63) is 0 Å². The Kier molecular flexibility index (Phi) is 4.63. The Morgan fingerprint density at radius 3 is 2.47 bits per heavy atom. The summed E-state index contributed by atoms with van der Waals surface area (Å²) in [5.41, 5.74) is -1.07. The smallest absolute Gasteiger partial charge is 0.329 e. The van der Waals surface area contributed by atoms with Crippen LogP contribution in [0.15, 0.2) is 0 Å². The monoisotopic (exact) mass is 270 g/mol. The SMILES string of the molecule is O=C(NC1(C(=O)O)CCCCC1)N1CCCOCC1. The number of nitrogens with one attached hydrogen (secondary N) is 1. The van der Waals surface area contributed by atoms with Crippen molar-refractivity contribution >= 4 is 12.0 Å². The van der Waals surface area contributed by atoms with Gasteiger partial charge in [-0.25, -0.2) is 9.59 Å². The molecule has 0 bridgehead atoms. The molecule has 0 spiro atoms. The average molecular weight is 270 g/mol. The summed E-state index contributed by atoms with van der Waals surface area (Å²) in [7, 11) is 0. The molecule has 1 aliphatic heterocycles. The summed E-state index contributed by atoms with van der Waals surface area (Å²) in [5, 5.41) is 12.2. The molecule has 2 rings (SSSR count). The number of carbonyl (C=O) groups is 2. The number of rotatable bonds is 2. The number of carboxylic acids is 1. The number of carbonyl (C=O) groups excluding carboxylic acids is 1. The fraction of sp³-hybridized carbons (Fsp3) is 0.846. The van der Waals surface area contributed by atoms with E-state index in [-0.39, 0.29) is 6.03 Å². The van der Waals surface area contributed by atoms with Crippen molar-refractivity contribution < 1.29 is 19.4 Å². The standard InChI is InChI=1S/C13H22N2O4/c16-11(17)13(5-2-1-3-6-13)14-12(18)15-7-4-9-19-10-8-15/h1-10H2,(H,14,18)(H,16,17). The predicted octanol–water partition coefficient (Wildman–Crippen LogP) is 1.21. The van der Waals surface area contributed by atoms with Crippen LogP contribution in [0.3, 0.4) is 0 Å². The molecule has 0 radical (unpaired) electrons. The number of amides is 2. The molecular weight excluding hydrogens is 248 g/mol. The van der Waals surface area contributed by atoms with E-state index in [4.69, 9.17) is 4.74 Å². The first-order chi connectivity index (χ1) is 9.14. The van der Waals surface area contributed by atoms with Crippen LogP contribution in [0.5, 0.6) is 0 Å². The third kappa shape index (κ3) is 3.37. The first-order valence-electron chi connectivity index (χ1n) is 7.02. The minimum absolute atomic E-state index is 0.269. The van der Waals surface area contributed by atoms with E-state index in [1.54, 1.807) is 4.90 Å². The van der Waals surface area contributed by atoms with Crippen molar-refractivity contribution in [2.75, 3.05) is 26.3 Å². The lowest BCUT2D eigenvalue weighted by Crippen LogP contribution is -2.59. The molecule has 6 nitrogen and oxygen atoms in total. The topological polar surface area (TPSA) is 78.9 Å². The molecule has 1 heterocycles. The maximum absolute atomic E-state index is 12.2. The van der Waals surface area contributed by atoms with Crippen molar-refractivity contribution in [3.8, 4) is 0 Å². The normalized spacial score (nSPS) is 23.5. The average Bonchev–Trinajstić information content (AvgIpc) is 2.68. The second-order valence-corrected chi connectivity index (χ2v) is 5.33. The van der Waals surface area contributed by atoms with Crippen molar-refractivity contribution in [2.45, 2.75) is 44.1 Å². The number of hydrogen-bond acceptors (Lipinski definition) is 3. The zero-order valence-corrected chi connectivity index (χ0v) is 11.2. The van der Waals surface area contributed by atoms with Gasteiger partial charge in [-0.3, -0.25) is 0 Å². The van der Waals surface area contributed by atoms with Gasteiger partial charge in [0.15, 0.2) is 0 Å². The van der Waals surface area contributed by atoms with Gasteiger partial charge in [-0.15, -0.1) is 0 Å². The van der Waals surface area contributed by atoms with Crippen molar-refractivity contribution in [1.29, 1.82) is 0 Å². The molecule has 19 heavy (non-hydrogen) atoms. The van der Waals surface area contributed by atoms with Crippen LogP contribution in [0.2, 0.25) is 0 Å². The van der Waals surface area contributed by atoms with E-state index in [0.717, 1.165) is 25.7 Å². The minimum atomic E-state index is -1.07. The zero-order valence-electron chi connectivity index (χ0n) is 11.2. The highest BCUT2D eigenvalue weighted by atomic mass is 16.5. The van der Waals surface area contributed by atoms with Gasteiger partial charge < -0.3 is 20.1 Å². The highest BCUT2D eigenvalue weighted by Crippen LogP contribution is 2.28. The van der Waals surface area contributed by atoms with Gasteiger partial charge in [0.1, 0.15) is 5.54 Å². The zero-order chi connectivity index (χ0) is 13.7. The number of ether oxygens (including phenoxy) is 1. The van der Waals surface area contributed by atoms with Crippen LogP contribution in [0.4, 0.5) is 4.79 Å². The third-order valence-corrected chi connectivity index (χ3v) is 3.97. The lowest BCUT2D eigenvalue weighted by atomic mass is 9.82. The molecule has 0 unspecified atom stereocenters.